The van der Waals surface area contributed by atoms with Gasteiger partial charge >= 0.3 is 0 Å². The van der Waals surface area contributed by atoms with E-state index in [2.05, 4.69) is 15.9 Å². The van der Waals surface area contributed by atoms with Gasteiger partial charge in [0.25, 0.3) is 0 Å². The van der Waals surface area contributed by atoms with Gasteiger partial charge in [-0.3, -0.25) is 0 Å². The van der Waals surface area contributed by atoms with E-state index < -0.39 is 22.3 Å². The third kappa shape index (κ3) is 2.67. The Balaban J connectivity index is 2.03. The van der Waals surface area contributed by atoms with Crippen LogP contribution in [0.1, 0.15) is 28.3 Å². The minimum absolute atomic E-state index is 0.135. The molecule has 1 aliphatic heterocycles. The highest BCUT2D eigenvalue weighted by Gasteiger charge is 2.31. The van der Waals surface area contributed by atoms with Gasteiger partial charge in [-0.2, -0.15) is 0 Å². The molecule has 0 bridgehead atoms. The molecule has 2 unspecified atom stereocenters. The van der Waals surface area contributed by atoms with Gasteiger partial charge in [-0.15, -0.1) is 0 Å². The van der Waals surface area contributed by atoms with Crippen molar-refractivity contribution < 1.29 is 17.9 Å². The van der Waals surface area contributed by atoms with Crippen LogP contribution >= 0.6 is 15.9 Å². The van der Waals surface area contributed by atoms with Crippen molar-refractivity contribution in [3.63, 3.8) is 0 Å². The van der Waals surface area contributed by atoms with Gasteiger partial charge in [-0.05, 0) is 18.1 Å². The van der Waals surface area contributed by atoms with Crippen LogP contribution in [0, 0.1) is 17.5 Å². The van der Waals surface area contributed by atoms with Crippen molar-refractivity contribution in [2.45, 2.75) is 17.2 Å². The number of halogens is 4. The SMILES string of the molecule is Fc1cc(F)c(C(Br)C2CCOc3ccccc32)c(F)c1. The summed E-state index contributed by atoms with van der Waals surface area (Å²) in [5.41, 5.74) is 0.756. The maximum absolute atomic E-state index is 14.0. The van der Waals surface area contributed by atoms with E-state index in [9.17, 15) is 13.2 Å². The molecule has 0 radical (unpaired) electrons. The molecule has 0 saturated carbocycles. The lowest BCUT2D eigenvalue weighted by molar-refractivity contribution is 0.265. The fourth-order valence-electron chi connectivity index (χ4n) is 2.69. The molecule has 0 saturated heterocycles. The van der Waals surface area contributed by atoms with Crippen LogP contribution in [0.3, 0.4) is 0 Å². The molecule has 5 heteroatoms. The number of para-hydroxylation sites is 1. The van der Waals surface area contributed by atoms with Gasteiger partial charge in [0.2, 0.25) is 0 Å². The number of benzene rings is 2. The quantitative estimate of drug-likeness (QED) is 0.679. The van der Waals surface area contributed by atoms with E-state index in [0.29, 0.717) is 25.2 Å². The molecule has 21 heavy (non-hydrogen) atoms. The fraction of sp³-hybridized carbons (Fsp3) is 0.250. The topological polar surface area (TPSA) is 9.23 Å². The molecule has 0 amide bonds. The second-order valence-corrected chi connectivity index (χ2v) is 5.95. The lowest BCUT2D eigenvalue weighted by Crippen LogP contribution is -2.18. The molecular formula is C16H12BrF3O. The van der Waals surface area contributed by atoms with E-state index in [0.717, 1.165) is 11.3 Å². The number of alkyl halides is 1. The Labute approximate surface area is 128 Å². The van der Waals surface area contributed by atoms with E-state index in [-0.39, 0.29) is 11.5 Å². The summed E-state index contributed by atoms with van der Waals surface area (Å²) in [5.74, 6) is -2.08. The largest absolute Gasteiger partial charge is 0.493 e. The lowest BCUT2D eigenvalue weighted by Gasteiger charge is -2.30. The summed E-state index contributed by atoms with van der Waals surface area (Å²) in [7, 11) is 0. The summed E-state index contributed by atoms with van der Waals surface area (Å²) in [4.78, 5) is -0.580. The second-order valence-electron chi connectivity index (χ2n) is 4.97. The van der Waals surface area contributed by atoms with E-state index in [4.69, 9.17) is 4.74 Å². The van der Waals surface area contributed by atoms with Crippen LogP contribution < -0.4 is 4.74 Å². The highest BCUT2D eigenvalue weighted by Crippen LogP contribution is 2.46. The van der Waals surface area contributed by atoms with E-state index in [1.165, 1.54) is 0 Å². The van der Waals surface area contributed by atoms with E-state index in [1.807, 2.05) is 24.3 Å². The van der Waals surface area contributed by atoms with Crippen molar-refractivity contribution in [1.29, 1.82) is 0 Å². The molecule has 2 aromatic carbocycles. The zero-order valence-electron chi connectivity index (χ0n) is 11.0. The summed E-state index contributed by atoms with van der Waals surface area (Å²) >= 11 is 3.39. The Morgan fingerprint density at radius 1 is 1.10 bits per heavy atom. The summed E-state index contributed by atoms with van der Waals surface area (Å²) in [6.45, 7) is 0.480. The number of hydrogen-bond acceptors (Lipinski definition) is 1. The minimum Gasteiger partial charge on any atom is -0.493 e. The minimum atomic E-state index is -0.916. The molecule has 2 aromatic rings. The van der Waals surface area contributed by atoms with Gasteiger partial charge in [-0.25, -0.2) is 13.2 Å². The van der Waals surface area contributed by atoms with Gasteiger partial charge in [0.05, 0.1) is 11.4 Å². The fourth-order valence-corrected chi connectivity index (χ4v) is 3.68. The Hall–Kier alpha value is -1.49. The van der Waals surface area contributed by atoms with Crippen LogP contribution in [0.4, 0.5) is 13.2 Å². The highest BCUT2D eigenvalue weighted by molar-refractivity contribution is 9.09. The summed E-state index contributed by atoms with van der Waals surface area (Å²) in [6.07, 6.45) is 0.628. The Morgan fingerprint density at radius 2 is 1.76 bits per heavy atom. The standard InChI is InChI=1S/C16H12BrF3O/c17-16(15-12(19)7-9(18)8-13(15)20)11-5-6-21-14-4-2-1-3-10(11)14/h1-4,7-8,11,16H,5-6H2. The van der Waals surface area contributed by atoms with Crippen LogP contribution in [-0.4, -0.2) is 6.61 Å². The van der Waals surface area contributed by atoms with Gasteiger partial charge < -0.3 is 4.74 Å². The van der Waals surface area contributed by atoms with Crippen molar-refractivity contribution >= 4 is 15.9 Å². The van der Waals surface area contributed by atoms with Crippen molar-refractivity contribution in [3.05, 3.63) is 65.0 Å². The van der Waals surface area contributed by atoms with E-state index >= 15 is 0 Å². The molecule has 1 heterocycles. The molecule has 1 aliphatic rings. The van der Waals surface area contributed by atoms with Crippen molar-refractivity contribution in [2.24, 2.45) is 0 Å². The predicted octanol–water partition coefficient (Wildman–Crippen LogP) is 5.11. The Bertz CT molecular complexity index is 651. The smallest absolute Gasteiger partial charge is 0.133 e. The molecule has 0 N–H and O–H groups in total. The van der Waals surface area contributed by atoms with Crippen LogP contribution in [0.25, 0.3) is 0 Å². The lowest BCUT2D eigenvalue weighted by atomic mass is 9.87. The first-order valence-electron chi connectivity index (χ1n) is 6.58. The molecule has 0 aromatic heterocycles. The average Bonchev–Trinajstić information content (AvgIpc) is 2.45. The first-order valence-corrected chi connectivity index (χ1v) is 7.49. The number of ether oxygens (including phenoxy) is 1. The molecule has 0 fully saturated rings. The molecule has 0 spiro atoms. The average molecular weight is 357 g/mol. The summed E-state index contributed by atoms with van der Waals surface area (Å²) < 4.78 is 46.5. The van der Waals surface area contributed by atoms with E-state index in [1.54, 1.807) is 0 Å². The monoisotopic (exact) mass is 356 g/mol. The maximum atomic E-state index is 14.0. The second kappa shape index (κ2) is 5.72. The summed E-state index contributed by atoms with van der Waals surface area (Å²) in [6, 6.07) is 8.84. The van der Waals surface area contributed by atoms with Gasteiger partial charge in [0.15, 0.2) is 0 Å². The third-order valence-corrected chi connectivity index (χ3v) is 4.77. The first-order chi connectivity index (χ1) is 10.1. The Kier molecular flexibility index (Phi) is 3.93. The highest BCUT2D eigenvalue weighted by atomic mass is 79.9. The number of fused-ring (bicyclic) bond motifs is 1. The van der Waals surface area contributed by atoms with Crippen LogP contribution in [0.15, 0.2) is 36.4 Å². The maximum Gasteiger partial charge on any atom is 0.133 e. The van der Waals surface area contributed by atoms with Gasteiger partial charge in [0.1, 0.15) is 23.2 Å². The molecular weight excluding hydrogens is 345 g/mol. The Morgan fingerprint density at radius 3 is 2.48 bits per heavy atom. The molecule has 0 aliphatic carbocycles. The van der Waals surface area contributed by atoms with Crippen molar-refractivity contribution in [3.8, 4) is 5.75 Å². The van der Waals surface area contributed by atoms with Crippen LogP contribution in [0.2, 0.25) is 0 Å². The van der Waals surface area contributed by atoms with Crippen LogP contribution in [-0.2, 0) is 0 Å². The van der Waals surface area contributed by atoms with Gasteiger partial charge in [-0.1, -0.05) is 34.1 Å². The molecule has 2 atom stereocenters. The van der Waals surface area contributed by atoms with Gasteiger partial charge in [0, 0.05) is 23.6 Å². The zero-order valence-corrected chi connectivity index (χ0v) is 12.5. The summed E-state index contributed by atoms with van der Waals surface area (Å²) in [5, 5.41) is 0. The zero-order chi connectivity index (χ0) is 15.0. The predicted molar refractivity (Wildman–Crippen MR) is 77.3 cm³/mol. The first kappa shape index (κ1) is 14.4. The van der Waals surface area contributed by atoms with Crippen LogP contribution in [0.5, 0.6) is 5.75 Å². The number of hydrogen-bond donors (Lipinski definition) is 0. The normalized spacial score (nSPS) is 18.8. The number of rotatable bonds is 2. The third-order valence-electron chi connectivity index (χ3n) is 3.68. The molecule has 110 valence electrons. The van der Waals surface area contributed by atoms with Crippen molar-refractivity contribution in [2.75, 3.05) is 6.61 Å². The molecule has 1 nitrogen and oxygen atoms in total. The molecule has 3 rings (SSSR count). The van der Waals surface area contributed by atoms with Crippen molar-refractivity contribution in [1.82, 2.24) is 0 Å².